The fraction of sp³-hybridized carbons (Fsp3) is 0.536. The van der Waals surface area contributed by atoms with Crippen LogP contribution >= 0.6 is 0 Å². The Morgan fingerprint density at radius 1 is 0.941 bits per heavy atom. The van der Waals surface area contributed by atoms with Gasteiger partial charge in [-0.25, -0.2) is 4.79 Å². The van der Waals surface area contributed by atoms with E-state index in [0.717, 1.165) is 22.3 Å². The maximum atomic E-state index is 12.8. The van der Waals surface area contributed by atoms with Gasteiger partial charge in [-0.3, -0.25) is 9.59 Å². The second-order valence-electron chi connectivity index (χ2n) is 10.4. The molecule has 2 aliphatic carbocycles. The number of esters is 1. The third-order valence-electron chi connectivity index (χ3n) is 7.64. The van der Waals surface area contributed by atoms with Crippen molar-refractivity contribution >= 4 is 28.6 Å². The molecular weight excluding hydrogens is 428 g/mol. The molecule has 0 heterocycles. The monoisotopic (exact) mass is 464 g/mol. The molecule has 0 saturated heterocycles. The number of carbonyl (C=O) groups is 3. The summed E-state index contributed by atoms with van der Waals surface area (Å²) in [6.07, 6.45) is 5.22. The number of hydrogen-bond acceptors (Lipinski definition) is 4. The van der Waals surface area contributed by atoms with Crippen LogP contribution in [-0.4, -0.2) is 36.5 Å². The molecule has 5 atom stereocenters. The number of carbonyl (C=O) groups excluding carboxylic acids is 3. The third kappa shape index (κ3) is 5.60. The topological polar surface area (TPSA) is 84.5 Å². The van der Waals surface area contributed by atoms with Gasteiger partial charge in [0.25, 0.3) is 5.91 Å². The maximum absolute atomic E-state index is 12.8. The molecule has 0 aromatic heterocycles. The number of amides is 2. The van der Waals surface area contributed by atoms with Crippen LogP contribution in [-0.2, 0) is 25.5 Å². The second-order valence-corrected chi connectivity index (χ2v) is 10.4. The van der Waals surface area contributed by atoms with Crippen molar-refractivity contribution < 1.29 is 19.1 Å². The molecular formula is C28H36N2O4. The fourth-order valence-electron chi connectivity index (χ4n) is 5.88. The van der Waals surface area contributed by atoms with Gasteiger partial charge in [0.2, 0.25) is 5.91 Å². The predicted molar refractivity (Wildman–Crippen MR) is 132 cm³/mol. The minimum Gasteiger partial charge on any atom is -0.454 e. The molecule has 2 N–H and O–H groups in total. The molecule has 0 spiro atoms. The van der Waals surface area contributed by atoms with Crippen molar-refractivity contribution in [3.05, 3.63) is 48.0 Å². The SMILES string of the molecule is CC(NC(=O)COC(=O)[C@H](NC(=O)Cc1cccc2ccccc12)C(C)C)C1CC2CCC1C2. The highest BCUT2D eigenvalue weighted by atomic mass is 16.5. The summed E-state index contributed by atoms with van der Waals surface area (Å²) in [4.78, 5) is 37.9. The largest absolute Gasteiger partial charge is 0.454 e. The predicted octanol–water partition coefficient (Wildman–Crippen LogP) is 4.01. The van der Waals surface area contributed by atoms with Crippen LogP contribution < -0.4 is 10.6 Å². The molecule has 0 aliphatic heterocycles. The van der Waals surface area contributed by atoms with Gasteiger partial charge in [0.1, 0.15) is 6.04 Å². The van der Waals surface area contributed by atoms with Crippen LogP contribution in [0.4, 0.5) is 0 Å². The molecule has 2 bridgehead atoms. The van der Waals surface area contributed by atoms with Gasteiger partial charge in [-0.15, -0.1) is 0 Å². The highest BCUT2D eigenvalue weighted by Gasteiger charge is 2.42. The minimum atomic E-state index is -0.807. The Hall–Kier alpha value is -2.89. The fourth-order valence-corrected chi connectivity index (χ4v) is 5.88. The van der Waals surface area contributed by atoms with Crippen molar-refractivity contribution in [2.75, 3.05) is 6.61 Å². The Labute approximate surface area is 201 Å². The lowest BCUT2D eigenvalue weighted by Crippen LogP contribution is -2.47. The zero-order valence-electron chi connectivity index (χ0n) is 20.4. The average molecular weight is 465 g/mol. The van der Waals surface area contributed by atoms with Gasteiger partial charge in [-0.05, 0) is 66.2 Å². The van der Waals surface area contributed by atoms with Gasteiger partial charge in [0.05, 0.1) is 6.42 Å². The molecule has 2 amide bonds. The standard InChI is InChI=1S/C28H36N2O4/c1-17(2)27(30-25(31)15-21-9-6-8-20-7-4-5-10-23(20)21)28(33)34-16-26(32)29-18(3)24-14-19-11-12-22(24)13-19/h4-10,17-19,22,24,27H,11-16H2,1-3H3,(H,29,32)(H,30,31)/t18?,19?,22?,24?,27-/m1/s1. The van der Waals surface area contributed by atoms with Gasteiger partial charge in [0, 0.05) is 6.04 Å². The van der Waals surface area contributed by atoms with Crippen LogP contribution in [0.2, 0.25) is 0 Å². The molecule has 4 unspecified atom stereocenters. The van der Waals surface area contributed by atoms with E-state index in [1.807, 2.05) is 56.3 Å². The average Bonchev–Trinajstić information content (AvgIpc) is 3.45. The van der Waals surface area contributed by atoms with Gasteiger partial charge >= 0.3 is 5.97 Å². The molecule has 6 nitrogen and oxygen atoms in total. The summed E-state index contributed by atoms with van der Waals surface area (Å²) >= 11 is 0. The van der Waals surface area contributed by atoms with E-state index in [9.17, 15) is 14.4 Å². The van der Waals surface area contributed by atoms with E-state index < -0.39 is 12.0 Å². The highest BCUT2D eigenvalue weighted by Crippen LogP contribution is 2.49. The number of fused-ring (bicyclic) bond motifs is 3. The molecule has 2 aromatic rings. The first-order valence-electron chi connectivity index (χ1n) is 12.5. The summed E-state index contributed by atoms with van der Waals surface area (Å²) in [7, 11) is 0. The van der Waals surface area contributed by atoms with Gasteiger partial charge in [-0.2, -0.15) is 0 Å². The van der Waals surface area contributed by atoms with E-state index in [2.05, 4.69) is 17.6 Å². The van der Waals surface area contributed by atoms with Crippen molar-refractivity contribution in [1.82, 2.24) is 10.6 Å². The lowest BCUT2D eigenvalue weighted by Gasteiger charge is -2.28. The molecule has 6 heteroatoms. The van der Waals surface area contributed by atoms with Gasteiger partial charge in [0.15, 0.2) is 6.61 Å². The van der Waals surface area contributed by atoms with Crippen LogP contribution in [0, 0.1) is 23.7 Å². The summed E-state index contributed by atoms with van der Waals surface area (Å²) in [5.74, 6) is 0.773. The Morgan fingerprint density at radius 2 is 1.71 bits per heavy atom. The summed E-state index contributed by atoms with van der Waals surface area (Å²) in [6, 6.07) is 13.0. The first kappa shape index (κ1) is 24.2. The van der Waals surface area contributed by atoms with E-state index in [1.54, 1.807) is 0 Å². The first-order valence-corrected chi connectivity index (χ1v) is 12.5. The van der Waals surface area contributed by atoms with Gasteiger partial charge in [-0.1, -0.05) is 62.7 Å². The van der Waals surface area contributed by atoms with Crippen LogP contribution in [0.5, 0.6) is 0 Å². The quantitative estimate of drug-likeness (QED) is 0.549. The van der Waals surface area contributed by atoms with E-state index in [1.165, 1.54) is 25.7 Å². The lowest BCUT2D eigenvalue weighted by molar-refractivity contribution is -0.153. The van der Waals surface area contributed by atoms with E-state index in [-0.39, 0.29) is 36.8 Å². The number of nitrogens with one attached hydrogen (secondary N) is 2. The van der Waals surface area contributed by atoms with Crippen molar-refractivity contribution in [1.29, 1.82) is 0 Å². The Bertz CT molecular complexity index is 1040. The van der Waals surface area contributed by atoms with E-state index in [0.29, 0.717) is 11.8 Å². The molecule has 34 heavy (non-hydrogen) atoms. The van der Waals surface area contributed by atoms with Crippen molar-refractivity contribution in [2.45, 2.75) is 65.0 Å². The van der Waals surface area contributed by atoms with Crippen molar-refractivity contribution in [3.8, 4) is 0 Å². The summed E-state index contributed by atoms with van der Waals surface area (Å²) < 4.78 is 5.31. The Morgan fingerprint density at radius 3 is 2.41 bits per heavy atom. The van der Waals surface area contributed by atoms with Gasteiger partial charge < -0.3 is 15.4 Å². The van der Waals surface area contributed by atoms with Crippen molar-refractivity contribution in [2.24, 2.45) is 23.7 Å². The lowest BCUT2D eigenvalue weighted by atomic mass is 9.84. The van der Waals surface area contributed by atoms with Crippen LogP contribution in [0.15, 0.2) is 42.5 Å². The summed E-state index contributed by atoms with van der Waals surface area (Å²) in [5.41, 5.74) is 0.903. The molecule has 4 rings (SSSR count). The molecule has 2 aromatic carbocycles. The number of benzene rings is 2. The van der Waals surface area contributed by atoms with Crippen LogP contribution in [0.1, 0.15) is 52.0 Å². The smallest absolute Gasteiger partial charge is 0.329 e. The molecule has 2 aliphatic rings. The number of ether oxygens (including phenoxy) is 1. The third-order valence-corrected chi connectivity index (χ3v) is 7.64. The first-order chi connectivity index (χ1) is 16.3. The van der Waals surface area contributed by atoms with E-state index >= 15 is 0 Å². The number of hydrogen-bond donors (Lipinski definition) is 2. The normalized spacial score (nSPS) is 23.0. The molecule has 182 valence electrons. The number of rotatable bonds is 9. The zero-order valence-corrected chi connectivity index (χ0v) is 20.4. The highest BCUT2D eigenvalue weighted by molar-refractivity contribution is 5.92. The Balaban J connectivity index is 1.28. The zero-order chi connectivity index (χ0) is 24.2. The summed E-state index contributed by atoms with van der Waals surface area (Å²) in [5, 5.41) is 7.92. The molecule has 2 fully saturated rings. The van der Waals surface area contributed by atoms with Crippen LogP contribution in [0.25, 0.3) is 10.8 Å². The van der Waals surface area contributed by atoms with Crippen LogP contribution in [0.3, 0.4) is 0 Å². The van der Waals surface area contributed by atoms with E-state index in [4.69, 9.17) is 4.74 Å². The minimum absolute atomic E-state index is 0.0859. The molecule has 0 radical (unpaired) electrons. The maximum Gasteiger partial charge on any atom is 0.329 e. The summed E-state index contributed by atoms with van der Waals surface area (Å²) in [6.45, 7) is 5.42. The molecule has 2 saturated carbocycles. The van der Waals surface area contributed by atoms with Crippen molar-refractivity contribution in [3.63, 3.8) is 0 Å². The second kappa shape index (κ2) is 10.6. The Kier molecular flexibility index (Phi) is 7.54.